The van der Waals surface area contributed by atoms with Gasteiger partial charge in [0, 0.05) is 6.04 Å². The number of rotatable bonds is 7. The number of nitrogens with one attached hydrogen (secondary N) is 1. The van der Waals surface area contributed by atoms with Gasteiger partial charge in [-0.3, -0.25) is 0 Å². The fourth-order valence-corrected chi connectivity index (χ4v) is 2.17. The number of hydrogen-bond donors (Lipinski definition) is 1. The first kappa shape index (κ1) is 17.0. The van der Waals surface area contributed by atoms with Gasteiger partial charge in [-0.15, -0.1) is 0 Å². The summed E-state index contributed by atoms with van der Waals surface area (Å²) in [6.45, 7) is 6.77. The van der Waals surface area contributed by atoms with Crippen molar-refractivity contribution in [3.05, 3.63) is 35.4 Å². The lowest BCUT2D eigenvalue weighted by molar-refractivity contribution is -0.139. The van der Waals surface area contributed by atoms with Crippen LogP contribution in [0.1, 0.15) is 50.7 Å². The molecule has 0 aromatic heterocycles. The van der Waals surface area contributed by atoms with Crippen LogP contribution in [-0.2, 0) is 6.42 Å². The molecular formula is C16H24F3N. The van der Waals surface area contributed by atoms with Crippen LogP contribution in [-0.4, -0.2) is 18.8 Å². The van der Waals surface area contributed by atoms with E-state index < -0.39 is 18.6 Å². The van der Waals surface area contributed by atoms with Crippen molar-refractivity contribution in [2.24, 2.45) is 0 Å². The van der Waals surface area contributed by atoms with Crippen LogP contribution in [0.5, 0.6) is 0 Å². The molecule has 0 saturated heterocycles. The highest BCUT2D eigenvalue weighted by Gasteiger charge is 2.31. The number of hydrogen-bond acceptors (Lipinski definition) is 1. The van der Waals surface area contributed by atoms with E-state index in [-0.39, 0.29) is 0 Å². The fourth-order valence-electron chi connectivity index (χ4n) is 2.17. The maximum atomic E-state index is 12.6. The Morgan fingerprint density at radius 1 is 1.10 bits per heavy atom. The first-order valence-corrected chi connectivity index (χ1v) is 7.20. The Hall–Kier alpha value is -1.03. The molecule has 0 amide bonds. The van der Waals surface area contributed by atoms with E-state index in [0.717, 1.165) is 12.0 Å². The van der Waals surface area contributed by atoms with Crippen molar-refractivity contribution >= 4 is 0 Å². The lowest BCUT2D eigenvalue weighted by atomic mass is 9.98. The van der Waals surface area contributed by atoms with E-state index in [1.165, 1.54) is 5.56 Å². The minimum Gasteiger partial charge on any atom is -0.313 e. The average Bonchev–Trinajstić information content (AvgIpc) is 2.35. The largest absolute Gasteiger partial charge is 0.390 e. The Kier molecular flexibility index (Phi) is 6.53. The molecule has 0 aliphatic rings. The van der Waals surface area contributed by atoms with Gasteiger partial charge in [0.05, 0.1) is 6.42 Å². The molecule has 1 nitrogen and oxygen atoms in total. The van der Waals surface area contributed by atoms with Crippen molar-refractivity contribution in [2.45, 2.75) is 58.2 Å². The predicted molar refractivity (Wildman–Crippen MR) is 77.0 cm³/mol. The normalized spacial score (nSPS) is 13.8. The summed E-state index contributed by atoms with van der Waals surface area (Å²) in [5.41, 5.74) is 2.16. The molecule has 0 aliphatic heterocycles. The summed E-state index contributed by atoms with van der Waals surface area (Å²) < 4.78 is 37.7. The van der Waals surface area contributed by atoms with Crippen LogP contribution in [0.4, 0.5) is 13.2 Å². The van der Waals surface area contributed by atoms with E-state index in [4.69, 9.17) is 0 Å². The molecule has 1 aromatic carbocycles. The molecule has 0 saturated carbocycles. The molecule has 1 aromatic rings. The first-order chi connectivity index (χ1) is 9.31. The highest BCUT2D eigenvalue weighted by molar-refractivity contribution is 5.25. The van der Waals surface area contributed by atoms with Gasteiger partial charge in [0.2, 0.25) is 0 Å². The zero-order chi connectivity index (χ0) is 15.2. The third-order valence-electron chi connectivity index (χ3n) is 3.29. The van der Waals surface area contributed by atoms with Crippen molar-refractivity contribution in [3.63, 3.8) is 0 Å². The van der Waals surface area contributed by atoms with Gasteiger partial charge in [-0.1, -0.05) is 45.0 Å². The number of halogens is 3. The maximum Gasteiger partial charge on any atom is 0.390 e. The summed E-state index contributed by atoms with van der Waals surface area (Å²) in [4.78, 5) is 0. The van der Waals surface area contributed by atoms with E-state index in [2.05, 4.69) is 19.2 Å². The van der Waals surface area contributed by atoms with Crippen LogP contribution >= 0.6 is 0 Å². The fraction of sp³-hybridized carbons (Fsp3) is 0.625. The van der Waals surface area contributed by atoms with Crippen molar-refractivity contribution in [2.75, 3.05) is 6.54 Å². The summed E-state index contributed by atoms with van der Waals surface area (Å²) in [5.74, 6) is 0.438. The van der Waals surface area contributed by atoms with E-state index >= 15 is 0 Å². The van der Waals surface area contributed by atoms with Crippen LogP contribution in [0.25, 0.3) is 0 Å². The Labute approximate surface area is 119 Å². The third kappa shape index (κ3) is 6.42. The molecule has 1 rings (SSSR count). The third-order valence-corrected chi connectivity index (χ3v) is 3.29. The van der Waals surface area contributed by atoms with E-state index in [1.54, 1.807) is 0 Å². The first-order valence-electron chi connectivity index (χ1n) is 7.20. The standard InChI is InChI=1S/C16H24F3N/c1-4-9-20-15(11-16(17,18)19)10-13-5-7-14(8-6-13)12(2)3/h5-8,12,15,20H,4,9-11H2,1-3H3. The smallest absolute Gasteiger partial charge is 0.313 e. The topological polar surface area (TPSA) is 12.0 Å². The summed E-state index contributed by atoms with van der Waals surface area (Å²) in [5, 5.41) is 2.99. The van der Waals surface area contributed by atoms with Crippen LogP contribution in [0.3, 0.4) is 0 Å². The molecule has 1 unspecified atom stereocenters. The second-order valence-corrected chi connectivity index (χ2v) is 5.57. The molecule has 0 bridgehead atoms. The zero-order valence-corrected chi connectivity index (χ0v) is 12.4. The predicted octanol–water partition coefficient (Wildman–Crippen LogP) is 4.67. The highest BCUT2D eigenvalue weighted by Crippen LogP contribution is 2.24. The Balaban J connectivity index is 2.67. The van der Waals surface area contributed by atoms with Gasteiger partial charge in [0.25, 0.3) is 0 Å². The summed E-state index contributed by atoms with van der Waals surface area (Å²) >= 11 is 0. The Morgan fingerprint density at radius 3 is 2.15 bits per heavy atom. The van der Waals surface area contributed by atoms with Crippen LogP contribution < -0.4 is 5.32 Å². The van der Waals surface area contributed by atoms with Crippen LogP contribution in [0.15, 0.2) is 24.3 Å². The molecule has 1 atom stereocenters. The van der Waals surface area contributed by atoms with Gasteiger partial charge in [-0.05, 0) is 36.4 Å². The lowest BCUT2D eigenvalue weighted by Crippen LogP contribution is -2.36. The van der Waals surface area contributed by atoms with E-state index in [1.807, 2.05) is 31.2 Å². The quantitative estimate of drug-likeness (QED) is 0.768. The summed E-state index contributed by atoms with van der Waals surface area (Å²) in [7, 11) is 0. The Morgan fingerprint density at radius 2 is 1.70 bits per heavy atom. The maximum absolute atomic E-state index is 12.6. The molecule has 0 fully saturated rings. The number of benzene rings is 1. The van der Waals surface area contributed by atoms with Crippen molar-refractivity contribution in [1.82, 2.24) is 5.32 Å². The Bertz CT molecular complexity index is 382. The monoisotopic (exact) mass is 287 g/mol. The van der Waals surface area contributed by atoms with Gasteiger partial charge < -0.3 is 5.32 Å². The van der Waals surface area contributed by atoms with Crippen LogP contribution in [0, 0.1) is 0 Å². The minimum atomic E-state index is -4.12. The molecular weight excluding hydrogens is 263 g/mol. The highest BCUT2D eigenvalue weighted by atomic mass is 19.4. The molecule has 20 heavy (non-hydrogen) atoms. The van der Waals surface area contributed by atoms with E-state index in [0.29, 0.717) is 18.9 Å². The molecule has 114 valence electrons. The lowest BCUT2D eigenvalue weighted by Gasteiger charge is -2.20. The second-order valence-electron chi connectivity index (χ2n) is 5.57. The second kappa shape index (κ2) is 7.67. The molecule has 0 heterocycles. The minimum absolute atomic E-state index is 0.415. The molecule has 0 radical (unpaired) electrons. The van der Waals surface area contributed by atoms with Gasteiger partial charge in [0.15, 0.2) is 0 Å². The summed E-state index contributed by atoms with van der Waals surface area (Å²) in [6, 6.07) is 7.34. The average molecular weight is 287 g/mol. The van der Waals surface area contributed by atoms with Crippen molar-refractivity contribution in [3.8, 4) is 0 Å². The van der Waals surface area contributed by atoms with Crippen LogP contribution in [0.2, 0.25) is 0 Å². The van der Waals surface area contributed by atoms with Gasteiger partial charge in [0.1, 0.15) is 0 Å². The van der Waals surface area contributed by atoms with Gasteiger partial charge >= 0.3 is 6.18 Å². The SMILES string of the molecule is CCCNC(Cc1ccc(C(C)C)cc1)CC(F)(F)F. The van der Waals surface area contributed by atoms with Gasteiger partial charge in [-0.2, -0.15) is 13.2 Å². The zero-order valence-electron chi connectivity index (χ0n) is 12.4. The number of alkyl halides is 3. The van der Waals surface area contributed by atoms with E-state index in [9.17, 15) is 13.2 Å². The molecule has 0 aliphatic carbocycles. The molecule has 4 heteroatoms. The molecule has 0 spiro atoms. The summed E-state index contributed by atoms with van der Waals surface area (Å²) in [6.07, 6.45) is -3.65. The van der Waals surface area contributed by atoms with Crippen molar-refractivity contribution < 1.29 is 13.2 Å². The van der Waals surface area contributed by atoms with Crippen molar-refractivity contribution in [1.29, 1.82) is 0 Å². The van der Waals surface area contributed by atoms with Gasteiger partial charge in [-0.25, -0.2) is 0 Å². The molecule has 1 N–H and O–H groups in total.